The van der Waals surface area contributed by atoms with Crippen molar-refractivity contribution in [2.75, 3.05) is 6.54 Å². The molecule has 0 saturated heterocycles. The minimum Gasteiger partial charge on any atom is -0.348 e. The zero-order valence-electron chi connectivity index (χ0n) is 11.9. The Morgan fingerprint density at radius 1 is 1.30 bits per heavy atom. The first-order valence-electron chi connectivity index (χ1n) is 7.10. The van der Waals surface area contributed by atoms with Crippen LogP contribution in [0.15, 0.2) is 36.2 Å². The second-order valence-corrected chi connectivity index (χ2v) is 5.83. The number of nitrogens with zero attached hydrogens (tertiary/aromatic N) is 3. The van der Waals surface area contributed by atoms with Crippen LogP contribution in [0, 0.1) is 0 Å². The normalized spacial score (nSPS) is 13.1. The average Bonchev–Trinajstić information content (AvgIpc) is 3.12. The number of nitrogens with one attached hydrogen (secondary N) is 1. The quantitative estimate of drug-likeness (QED) is 0.755. The van der Waals surface area contributed by atoms with Gasteiger partial charge in [0.2, 0.25) is 0 Å². The van der Waals surface area contributed by atoms with E-state index >= 15 is 0 Å². The molecule has 1 unspecified atom stereocenters. The molecule has 0 aliphatic carbocycles. The van der Waals surface area contributed by atoms with Crippen molar-refractivity contribution in [3.63, 3.8) is 0 Å². The van der Waals surface area contributed by atoms with Crippen molar-refractivity contribution < 1.29 is 0 Å². The van der Waals surface area contributed by atoms with E-state index in [9.17, 15) is 0 Å². The molecule has 106 valence electrons. The number of hydrogen-bond donors (Lipinski definition) is 1. The Labute approximate surface area is 123 Å². The average molecular weight is 288 g/mol. The summed E-state index contributed by atoms with van der Waals surface area (Å²) in [6.45, 7) is 6.20. The first kappa shape index (κ1) is 13.4. The second-order valence-electron chi connectivity index (χ2n) is 4.96. The summed E-state index contributed by atoms with van der Waals surface area (Å²) in [6, 6.07) is 2.65. The van der Waals surface area contributed by atoms with Crippen LogP contribution in [0.5, 0.6) is 0 Å². The number of imidazole rings is 1. The molecule has 0 saturated carbocycles. The van der Waals surface area contributed by atoms with E-state index in [0.29, 0.717) is 6.04 Å². The molecule has 4 nitrogen and oxygen atoms in total. The van der Waals surface area contributed by atoms with Gasteiger partial charge in [-0.25, -0.2) is 4.98 Å². The fourth-order valence-electron chi connectivity index (χ4n) is 2.55. The van der Waals surface area contributed by atoms with Crippen molar-refractivity contribution in [3.8, 4) is 0 Å². The predicted molar refractivity (Wildman–Crippen MR) is 83.3 cm³/mol. The lowest BCUT2D eigenvalue weighted by Gasteiger charge is -2.13. The van der Waals surface area contributed by atoms with Gasteiger partial charge in [0.15, 0.2) is 4.96 Å². The number of fused-ring (bicyclic) bond motifs is 1. The Hall–Kier alpha value is -1.59. The van der Waals surface area contributed by atoms with Crippen LogP contribution in [0.4, 0.5) is 0 Å². The standard InChI is InChI=1S/C15H20N4S/c1-3-14(16-4-2)12-5-6-18(9-12)10-13-11-19-7-8-20-15(19)17-13/h5-9,11,14,16H,3-4,10H2,1-2H3. The molecule has 1 N–H and O–H groups in total. The molecule has 1 atom stereocenters. The van der Waals surface area contributed by atoms with Crippen molar-refractivity contribution in [2.24, 2.45) is 0 Å². The monoisotopic (exact) mass is 288 g/mol. The number of hydrogen-bond acceptors (Lipinski definition) is 3. The molecule has 3 aromatic heterocycles. The zero-order chi connectivity index (χ0) is 13.9. The third-order valence-corrected chi connectivity index (χ3v) is 4.29. The van der Waals surface area contributed by atoms with Gasteiger partial charge >= 0.3 is 0 Å². The van der Waals surface area contributed by atoms with Crippen LogP contribution < -0.4 is 5.32 Å². The van der Waals surface area contributed by atoms with Crippen LogP contribution in [0.2, 0.25) is 0 Å². The minimum atomic E-state index is 0.451. The fourth-order valence-corrected chi connectivity index (χ4v) is 3.27. The maximum absolute atomic E-state index is 4.62. The largest absolute Gasteiger partial charge is 0.348 e. The highest BCUT2D eigenvalue weighted by Crippen LogP contribution is 2.18. The highest BCUT2D eigenvalue weighted by molar-refractivity contribution is 7.15. The van der Waals surface area contributed by atoms with E-state index in [1.165, 1.54) is 5.56 Å². The van der Waals surface area contributed by atoms with Gasteiger partial charge in [0, 0.05) is 36.2 Å². The first-order valence-corrected chi connectivity index (χ1v) is 7.98. The molecule has 3 rings (SSSR count). The topological polar surface area (TPSA) is 34.3 Å². The Morgan fingerprint density at radius 3 is 2.95 bits per heavy atom. The Balaban J connectivity index is 1.74. The maximum atomic E-state index is 4.62. The van der Waals surface area contributed by atoms with Gasteiger partial charge in [0.05, 0.1) is 12.2 Å². The lowest BCUT2D eigenvalue weighted by atomic mass is 10.1. The molecule has 0 bridgehead atoms. The van der Waals surface area contributed by atoms with Crippen LogP contribution in [-0.4, -0.2) is 20.5 Å². The van der Waals surface area contributed by atoms with Crippen molar-refractivity contribution in [3.05, 3.63) is 47.5 Å². The van der Waals surface area contributed by atoms with Gasteiger partial charge in [-0.05, 0) is 24.6 Å². The molecule has 0 fully saturated rings. The van der Waals surface area contributed by atoms with Crippen LogP contribution in [-0.2, 0) is 6.54 Å². The highest BCUT2D eigenvalue weighted by Gasteiger charge is 2.10. The van der Waals surface area contributed by atoms with Crippen LogP contribution in [0.3, 0.4) is 0 Å². The van der Waals surface area contributed by atoms with Crippen molar-refractivity contribution in [1.29, 1.82) is 0 Å². The molecule has 0 radical (unpaired) electrons. The first-order chi connectivity index (χ1) is 9.80. The molecular formula is C15H20N4S. The van der Waals surface area contributed by atoms with Gasteiger partial charge in [-0.15, -0.1) is 11.3 Å². The lowest BCUT2D eigenvalue weighted by molar-refractivity contribution is 0.536. The van der Waals surface area contributed by atoms with Gasteiger partial charge in [0.25, 0.3) is 0 Å². The fraction of sp³-hybridized carbons (Fsp3) is 0.400. The van der Waals surface area contributed by atoms with Gasteiger partial charge in [-0.3, -0.25) is 4.40 Å². The molecule has 0 aliphatic rings. The Morgan fingerprint density at radius 2 is 2.20 bits per heavy atom. The molecule has 20 heavy (non-hydrogen) atoms. The predicted octanol–water partition coefficient (Wildman–Crippen LogP) is 3.31. The van der Waals surface area contributed by atoms with Gasteiger partial charge in [0.1, 0.15) is 0 Å². The summed E-state index contributed by atoms with van der Waals surface area (Å²) in [5, 5.41) is 5.57. The van der Waals surface area contributed by atoms with Crippen molar-refractivity contribution in [2.45, 2.75) is 32.9 Å². The summed E-state index contributed by atoms with van der Waals surface area (Å²) in [4.78, 5) is 5.69. The van der Waals surface area contributed by atoms with Crippen LogP contribution in [0.1, 0.15) is 37.6 Å². The van der Waals surface area contributed by atoms with Crippen molar-refractivity contribution >= 4 is 16.3 Å². The van der Waals surface area contributed by atoms with E-state index in [4.69, 9.17) is 0 Å². The summed E-state index contributed by atoms with van der Waals surface area (Å²) in [6.07, 6.45) is 9.63. The molecule has 0 aliphatic heterocycles. The zero-order valence-corrected chi connectivity index (χ0v) is 12.7. The molecular weight excluding hydrogens is 268 g/mol. The third kappa shape index (κ3) is 2.64. The smallest absolute Gasteiger partial charge is 0.193 e. The molecule has 0 amide bonds. The molecule has 0 aromatic carbocycles. The summed E-state index contributed by atoms with van der Waals surface area (Å²) >= 11 is 1.67. The van der Waals surface area contributed by atoms with Crippen molar-refractivity contribution in [1.82, 2.24) is 19.3 Å². The summed E-state index contributed by atoms with van der Waals surface area (Å²) in [7, 11) is 0. The lowest BCUT2D eigenvalue weighted by Crippen LogP contribution is -2.19. The third-order valence-electron chi connectivity index (χ3n) is 3.52. The minimum absolute atomic E-state index is 0.451. The van der Waals surface area contributed by atoms with Gasteiger partial charge in [-0.1, -0.05) is 13.8 Å². The molecule has 3 heterocycles. The maximum Gasteiger partial charge on any atom is 0.193 e. The van der Waals surface area contributed by atoms with E-state index < -0.39 is 0 Å². The summed E-state index contributed by atoms with van der Waals surface area (Å²) in [5.41, 5.74) is 2.46. The highest BCUT2D eigenvalue weighted by atomic mass is 32.1. The molecule has 5 heteroatoms. The SMILES string of the molecule is CCNC(CC)c1ccn(Cc2cn3ccsc3n2)c1. The van der Waals surface area contributed by atoms with E-state index in [1.54, 1.807) is 11.3 Å². The van der Waals surface area contributed by atoms with Crippen LogP contribution in [0.25, 0.3) is 4.96 Å². The number of aromatic nitrogens is 3. The van der Waals surface area contributed by atoms with Gasteiger partial charge in [-0.2, -0.15) is 0 Å². The molecule has 0 spiro atoms. The second kappa shape index (κ2) is 5.81. The van der Waals surface area contributed by atoms with Gasteiger partial charge < -0.3 is 9.88 Å². The Kier molecular flexibility index (Phi) is 3.89. The summed E-state index contributed by atoms with van der Waals surface area (Å²) in [5.74, 6) is 0. The van der Waals surface area contributed by atoms with E-state index in [1.807, 2.05) is 0 Å². The Bertz CT molecular complexity index is 650. The van der Waals surface area contributed by atoms with E-state index in [2.05, 4.69) is 69.3 Å². The number of thiazole rings is 1. The molecule has 3 aromatic rings. The van der Waals surface area contributed by atoms with E-state index in [-0.39, 0.29) is 0 Å². The summed E-state index contributed by atoms with van der Waals surface area (Å²) < 4.78 is 4.29. The number of rotatable bonds is 6. The van der Waals surface area contributed by atoms with Crippen LogP contribution >= 0.6 is 11.3 Å². The van der Waals surface area contributed by atoms with E-state index in [0.717, 1.165) is 30.2 Å².